The van der Waals surface area contributed by atoms with Crippen molar-refractivity contribution in [2.24, 2.45) is 5.92 Å². The van der Waals surface area contributed by atoms with Gasteiger partial charge < -0.3 is 5.32 Å². The fourth-order valence-corrected chi connectivity index (χ4v) is 5.75. The zero-order valence-corrected chi connectivity index (χ0v) is 17.4. The van der Waals surface area contributed by atoms with Crippen molar-refractivity contribution in [3.8, 4) is 0 Å². The quantitative estimate of drug-likeness (QED) is 0.679. The van der Waals surface area contributed by atoms with Crippen molar-refractivity contribution in [3.63, 3.8) is 0 Å². The molecule has 4 rings (SSSR count). The van der Waals surface area contributed by atoms with Gasteiger partial charge in [-0.15, -0.1) is 0 Å². The Morgan fingerprint density at radius 3 is 2.52 bits per heavy atom. The number of carbonyl (C=O) groups excluding carboxylic acids is 1. The van der Waals surface area contributed by atoms with Gasteiger partial charge in [0, 0.05) is 19.0 Å². The van der Waals surface area contributed by atoms with Crippen LogP contribution >= 0.6 is 11.3 Å². The molecule has 2 heterocycles. The molecule has 1 aliphatic heterocycles. The Labute approximate surface area is 172 Å². The molecule has 0 aliphatic carbocycles. The predicted molar refractivity (Wildman–Crippen MR) is 111 cm³/mol. The molecule has 0 atom stereocenters. The molecule has 0 unspecified atom stereocenters. The van der Waals surface area contributed by atoms with E-state index in [0.29, 0.717) is 22.7 Å². The Morgan fingerprint density at radius 1 is 1.17 bits per heavy atom. The lowest BCUT2D eigenvalue weighted by Crippen LogP contribution is -2.41. The van der Waals surface area contributed by atoms with E-state index < -0.39 is 15.8 Å². The van der Waals surface area contributed by atoms with E-state index in [-0.39, 0.29) is 35.3 Å². The minimum atomic E-state index is -3.56. The second-order valence-electron chi connectivity index (χ2n) is 7.09. The van der Waals surface area contributed by atoms with Crippen molar-refractivity contribution in [3.05, 3.63) is 53.8 Å². The summed E-state index contributed by atoms with van der Waals surface area (Å²) < 4.78 is 41.4. The van der Waals surface area contributed by atoms with Crippen LogP contribution in [-0.4, -0.2) is 36.7 Å². The smallest absolute Gasteiger partial charge is 0.243 e. The van der Waals surface area contributed by atoms with Crippen molar-refractivity contribution in [1.29, 1.82) is 0 Å². The van der Waals surface area contributed by atoms with Crippen molar-refractivity contribution >= 4 is 42.6 Å². The van der Waals surface area contributed by atoms with Gasteiger partial charge in [-0.1, -0.05) is 35.1 Å². The number of anilines is 1. The first-order valence-corrected chi connectivity index (χ1v) is 11.5. The van der Waals surface area contributed by atoms with Gasteiger partial charge in [0.25, 0.3) is 0 Å². The van der Waals surface area contributed by atoms with E-state index in [1.165, 1.54) is 21.7 Å². The number of nitrogens with zero attached hydrogens (tertiary/aromatic N) is 2. The monoisotopic (exact) mass is 433 g/mol. The molecule has 1 aliphatic rings. The standard InChI is InChI=1S/C20H20FN3O3S2/c1-13-5-7-15(8-6-13)29(26,27)24-11-9-14(10-12-24)19(25)23-20-22-18-16(21)3-2-4-17(18)28-20/h2-8,14H,9-12H2,1H3,(H,22,23,25). The van der Waals surface area contributed by atoms with Crippen LogP contribution in [0.2, 0.25) is 0 Å². The number of rotatable bonds is 4. The fraction of sp³-hybridized carbons (Fsp3) is 0.300. The summed E-state index contributed by atoms with van der Waals surface area (Å²) in [6.45, 7) is 2.46. The highest BCUT2D eigenvalue weighted by atomic mass is 32.2. The van der Waals surface area contributed by atoms with Gasteiger partial charge in [-0.05, 0) is 44.0 Å². The van der Waals surface area contributed by atoms with E-state index >= 15 is 0 Å². The number of amides is 1. The largest absolute Gasteiger partial charge is 0.302 e. The number of piperidine rings is 1. The third-order valence-electron chi connectivity index (χ3n) is 5.08. The number of hydrogen-bond donors (Lipinski definition) is 1. The zero-order valence-electron chi connectivity index (χ0n) is 15.8. The molecule has 0 bridgehead atoms. The van der Waals surface area contributed by atoms with Crippen LogP contribution in [-0.2, 0) is 14.8 Å². The average Bonchev–Trinajstić information content (AvgIpc) is 3.12. The summed E-state index contributed by atoms with van der Waals surface area (Å²) >= 11 is 1.22. The molecule has 2 aromatic carbocycles. The molecular formula is C20H20FN3O3S2. The summed E-state index contributed by atoms with van der Waals surface area (Å²) in [5, 5.41) is 3.11. The summed E-state index contributed by atoms with van der Waals surface area (Å²) in [4.78, 5) is 17.0. The molecule has 9 heteroatoms. The average molecular weight is 434 g/mol. The molecule has 29 heavy (non-hydrogen) atoms. The summed E-state index contributed by atoms with van der Waals surface area (Å²) in [5.41, 5.74) is 1.24. The lowest BCUT2D eigenvalue weighted by molar-refractivity contribution is -0.120. The van der Waals surface area contributed by atoms with E-state index in [2.05, 4.69) is 10.3 Å². The Hall–Kier alpha value is -2.36. The maximum absolute atomic E-state index is 13.8. The van der Waals surface area contributed by atoms with Gasteiger partial charge in [0.1, 0.15) is 11.3 Å². The topological polar surface area (TPSA) is 79.4 Å². The molecule has 0 radical (unpaired) electrons. The SMILES string of the molecule is Cc1ccc(S(=O)(=O)N2CCC(C(=O)Nc3nc4c(F)cccc4s3)CC2)cc1. The van der Waals surface area contributed by atoms with Gasteiger partial charge in [0.15, 0.2) is 5.13 Å². The number of nitrogens with one attached hydrogen (secondary N) is 1. The van der Waals surface area contributed by atoms with Crippen LogP contribution in [0.4, 0.5) is 9.52 Å². The van der Waals surface area contributed by atoms with Crippen LogP contribution in [0, 0.1) is 18.7 Å². The minimum Gasteiger partial charge on any atom is -0.302 e. The highest BCUT2D eigenvalue weighted by Gasteiger charge is 2.32. The molecule has 1 saturated heterocycles. The molecular weight excluding hydrogens is 413 g/mol. The second kappa shape index (κ2) is 7.81. The van der Waals surface area contributed by atoms with Crippen molar-refractivity contribution in [1.82, 2.24) is 9.29 Å². The van der Waals surface area contributed by atoms with E-state index in [1.807, 2.05) is 6.92 Å². The molecule has 1 N–H and O–H groups in total. The number of aromatic nitrogens is 1. The van der Waals surface area contributed by atoms with Gasteiger partial charge in [-0.25, -0.2) is 17.8 Å². The normalized spacial score (nSPS) is 16.2. The summed E-state index contributed by atoms with van der Waals surface area (Å²) in [5.74, 6) is -0.943. The third-order valence-corrected chi connectivity index (χ3v) is 7.93. The molecule has 1 amide bonds. The van der Waals surface area contributed by atoms with Crippen LogP contribution in [0.1, 0.15) is 18.4 Å². The maximum atomic E-state index is 13.8. The van der Waals surface area contributed by atoms with Gasteiger partial charge in [-0.2, -0.15) is 4.31 Å². The summed E-state index contributed by atoms with van der Waals surface area (Å²) in [7, 11) is -3.56. The van der Waals surface area contributed by atoms with E-state index in [0.717, 1.165) is 5.56 Å². The first-order valence-electron chi connectivity index (χ1n) is 9.27. The van der Waals surface area contributed by atoms with E-state index in [4.69, 9.17) is 0 Å². The lowest BCUT2D eigenvalue weighted by atomic mass is 9.97. The van der Waals surface area contributed by atoms with Gasteiger partial charge in [0.2, 0.25) is 15.9 Å². The molecule has 6 nitrogen and oxygen atoms in total. The summed E-state index contributed by atoms with van der Waals surface area (Å²) in [6.07, 6.45) is 0.854. The van der Waals surface area contributed by atoms with Crippen LogP contribution < -0.4 is 5.32 Å². The molecule has 0 spiro atoms. The first-order chi connectivity index (χ1) is 13.8. The number of carbonyl (C=O) groups is 1. The molecule has 0 saturated carbocycles. The van der Waals surface area contributed by atoms with Gasteiger partial charge >= 0.3 is 0 Å². The van der Waals surface area contributed by atoms with Crippen LogP contribution in [0.5, 0.6) is 0 Å². The number of para-hydroxylation sites is 1. The fourth-order valence-electron chi connectivity index (χ4n) is 3.39. The second-order valence-corrected chi connectivity index (χ2v) is 10.1. The third kappa shape index (κ3) is 4.03. The first kappa shape index (κ1) is 19.9. The predicted octanol–water partition coefficient (Wildman–Crippen LogP) is 3.78. The molecule has 3 aromatic rings. The van der Waals surface area contributed by atoms with Crippen LogP contribution in [0.25, 0.3) is 10.2 Å². The number of aryl methyl sites for hydroxylation is 1. The van der Waals surface area contributed by atoms with Crippen molar-refractivity contribution < 1.29 is 17.6 Å². The zero-order chi connectivity index (χ0) is 20.6. The molecule has 1 aromatic heterocycles. The Balaban J connectivity index is 1.40. The number of benzene rings is 2. The Kier molecular flexibility index (Phi) is 5.37. The van der Waals surface area contributed by atoms with Crippen molar-refractivity contribution in [2.45, 2.75) is 24.7 Å². The number of halogens is 1. The summed E-state index contributed by atoms with van der Waals surface area (Å²) in [6, 6.07) is 11.4. The number of sulfonamides is 1. The maximum Gasteiger partial charge on any atom is 0.243 e. The number of thiazole rings is 1. The van der Waals surface area contributed by atoms with Crippen molar-refractivity contribution in [2.75, 3.05) is 18.4 Å². The van der Waals surface area contributed by atoms with Crippen LogP contribution in [0.3, 0.4) is 0 Å². The highest BCUT2D eigenvalue weighted by Crippen LogP contribution is 2.29. The van der Waals surface area contributed by atoms with Gasteiger partial charge in [0.05, 0.1) is 9.60 Å². The Bertz CT molecular complexity index is 1150. The highest BCUT2D eigenvalue weighted by molar-refractivity contribution is 7.89. The number of hydrogen-bond acceptors (Lipinski definition) is 5. The Morgan fingerprint density at radius 2 is 1.86 bits per heavy atom. The number of fused-ring (bicyclic) bond motifs is 1. The van der Waals surface area contributed by atoms with E-state index in [1.54, 1.807) is 36.4 Å². The van der Waals surface area contributed by atoms with Crippen LogP contribution in [0.15, 0.2) is 47.4 Å². The lowest BCUT2D eigenvalue weighted by Gasteiger charge is -2.30. The van der Waals surface area contributed by atoms with E-state index in [9.17, 15) is 17.6 Å². The molecule has 152 valence electrons. The van der Waals surface area contributed by atoms with Gasteiger partial charge in [-0.3, -0.25) is 4.79 Å². The minimum absolute atomic E-state index is 0.211. The molecule has 1 fully saturated rings.